The fourth-order valence-corrected chi connectivity index (χ4v) is 2.67. The number of aliphatic hydroxyl groups is 3. The molecule has 0 spiro atoms. The summed E-state index contributed by atoms with van der Waals surface area (Å²) in [5.41, 5.74) is -0.144. The Morgan fingerprint density at radius 1 is 1.50 bits per heavy atom. The first-order valence-electron chi connectivity index (χ1n) is 6.96. The second-order valence-corrected chi connectivity index (χ2v) is 6.19. The van der Waals surface area contributed by atoms with Gasteiger partial charge in [0.2, 0.25) is 0 Å². The maximum atomic E-state index is 12.2. The summed E-state index contributed by atoms with van der Waals surface area (Å²) in [5.74, 6) is 0.356. The molecular formula is C15H22O5. The molecule has 0 amide bonds. The van der Waals surface area contributed by atoms with Crippen LogP contribution in [0.3, 0.4) is 0 Å². The monoisotopic (exact) mass is 282 g/mol. The fourth-order valence-electron chi connectivity index (χ4n) is 2.67. The van der Waals surface area contributed by atoms with Crippen LogP contribution in [0.4, 0.5) is 0 Å². The number of aliphatic hydroxyl groups excluding tert-OH is 2. The van der Waals surface area contributed by atoms with Gasteiger partial charge in [-0.3, -0.25) is 4.79 Å². The smallest absolute Gasteiger partial charge is 0.198 e. The van der Waals surface area contributed by atoms with Crippen LogP contribution in [0.2, 0.25) is 0 Å². The first-order chi connectivity index (χ1) is 9.27. The summed E-state index contributed by atoms with van der Waals surface area (Å²) in [6.45, 7) is 5.10. The van der Waals surface area contributed by atoms with Crippen LogP contribution in [0.1, 0.15) is 67.2 Å². The van der Waals surface area contributed by atoms with Crippen molar-refractivity contribution in [3.8, 4) is 0 Å². The highest BCUT2D eigenvalue weighted by Crippen LogP contribution is 2.41. The van der Waals surface area contributed by atoms with E-state index >= 15 is 0 Å². The van der Waals surface area contributed by atoms with Gasteiger partial charge in [0, 0.05) is 17.5 Å². The minimum absolute atomic E-state index is 0.128. The second-order valence-electron chi connectivity index (χ2n) is 6.19. The lowest BCUT2D eigenvalue weighted by Gasteiger charge is -2.32. The van der Waals surface area contributed by atoms with Crippen LogP contribution >= 0.6 is 0 Å². The molecule has 112 valence electrons. The topological polar surface area (TPSA) is 90.9 Å². The van der Waals surface area contributed by atoms with E-state index < -0.39 is 11.7 Å². The van der Waals surface area contributed by atoms with E-state index in [-0.39, 0.29) is 29.8 Å². The molecule has 1 aromatic heterocycles. The van der Waals surface area contributed by atoms with Crippen molar-refractivity contribution in [2.75, 3.05) is 0 Å². The Kier molecular flexibility index (Phi) is 4.04. The van der Waals surface area contributed by atoms with Gasteiger partial charge in [0.25, 0.3) is 0 Å². The molecule has 0 saturated heterocycles. The van der Waals surface area contributed by atoms with Crippen molar-refractivity contribution in [1.29, 1.82) is 0 Å². The van der Waals surface area contributed by atoms with E-state index in [1.165, 1.54) is 6.92 Å². The number of carbonyl (C=O) groups is 1. The highest BCUT2D eigenvalue weighted by molar-refractivity contribution is 5.95. The maximum Gasteiger partial charge on any atom is 0.198 e. The van der Waals surface area contributed by atoms with E-state index in [1.54, 1.807) is 0 Å². The average molecular weight is 282 g/mol. The lowest BCUT2D eigenvalue weighted by molar-refractivity contribution is -0.0848. The van der Waals surface area contributed by atoms with E-state index in [0.717, 1.165) is 0 Å². The maximum absolute atomic E-state index is 12.2. The number of hydrogen-bond donors (Lipinski definition) is 3. The molecule has 0 aromatic carbocycles. The molecular weight excluding hydrogens is 260 g/mol. The van der Waals surface area contributed by atoms with Crippen molar-refractivity contribution in [2.24, 2.45) is 5.92 Å². The second kappa shape index (κ2) is 5.31. The van der Waals surface area contributed by atoms with Gasteiger partial charge in [-0.25, -0.2) is 0 Å². The lowest BCUT2D eigenvalue weighted by Crippen LogP contribution is -2.36. The Hall–Kier alpha value is -1.17. The minimum Gasteiger partial charge on any atom is -0.454 e. The van der Waals surface area contributed by atoms with E-state index in [0.29, 0.717) is 30.4 Å². The highest BCUT2D eigenvalue weighted by atomic mass is 16.4. The predicted octanol–water partition coefficient (Wildman–Crippen LogP) is 1.73. The molecule has 1 aromatic rings. The molecule has 20 heavy (non-hydrogen) atoms. The third-order valence-corrected chi connectivity index (χ3v) is 3.87. The molecule has 5 heteroatoms. The fraction of sp³-hybridized carbons (Fsp3) is 0.667. The normalized spacial score (nSPS) is 25.9. The SMILES string of the molecule is CC(C)CC(=O)c1oc2c(c1CO)CCC(C)(O)C2O. The number of Topliss-reactive ketones (excluding diaryl/α,β-unsaturated/α-hetero) is 1. The van der Waals surface area contributed by atoms with Gasteiger partial charge >= 0.3 is 0 Å². The number of hydrogen-bond acceptors (Lipinski definition) is 5. The number of furan rings is 1. The van der Waals surface area contributed by atoms with Gasteiger partial charge in [-0.1, -0.05) is 13.8 Å². The number of ketones is 1. The molecule has 0 radical (unpaired) electrons. The van der Waals surface area contributed by atoms with Crippen molar-refractivity contribution in [2.45, 2.75) is 58.3 Å². The molecule has 1 heterocycles. The van der Waals surface area contributed by atoms with Gasteiger partial charge in [0.1, 0.15) is 11.9 Å². The Morgan fingerprint density at radius 3 is 2.70 bits per heavy atom. The van der Waals surface area contributed by atoms with Crippen LogP contribution in [0.5, 0.6) is 0 Å². The molecule has 5 nitrogen and oxygen atoms in total. The predicted molar refractivity (Wildman–Crippen MR) is 72.3 cm³/mol. The van der Waals surface area contributed by atoms with Crippen molar-refractivity contribution in [1.82, 2.24) is 0 Å². The zero-order valence-corrected chi connectivity index (χ0v) is 12.1. The number of rotatable bonds is 4. The van der Waals surface area contributed by atoms with Gasteiger partial charge < -0.3 is 19.7 Å². The summed E-state index contributed by atoms with van der Waals surface area (Å²) in [6, 6.07) is 0. The van der Waals surface area contributed by atoms with Crippen molar-refractivity contribution in [3.63, 3.8) is 0 Å². The van der Waals surface area contributed by atoms with Crippen LogP contribution < -0.4 is 0 Å². The van der Waals surface area contributed by atoms with E-state index in [4.69, 9.17) is 4.42 Å². The average Bonchev–Trinajstić information content (AvgIpc) is 2.72. The van der Waals surface area contributed by atoms with Gasteiger partial charge in [0.15, 0.2) is 11.5 Å². The van der Waals surface area contributed by atoms with Crippen molar-refractivity contribution in [3.05, 3.63) is 22.6 Å². The Labute approximate surface area is 118 Å². The molecule has 0 bridgehead atoms. The summed E-state index contributed by atoms with van der Waals surface area (Å²) in [7, 11) is 0. The summed E-state index contributed by atoms with van der Waals surface area (Å²) >= 11 is 0. The molecule has 0 fully saturated rings. The standard InChI is InChI=1S/C15H22O5/c1-8(2)6-11(17)12-10(7-16)9-4-5-15(3,19)14(18)13(9)20-12/h8,14,16,18-19H,4-7H2,1-3H3. The first-order valence-corrected chi connectivity index (χ1v) is 6.96. The largest absolute Gasteiger partial charge is 0.454 e. The molecule has 1 aliphatic rings. The van der Waals surface area contributed by atoms with Crippen molar-refractivity contribution < 1.29 is 24.5 Å². The highest BCUT2D eigenvalue weighted by Gasteiger charge is 2.42. The quantitative estimate of drug-likeness (QED) is 0.732. The first kappa shape index (κ1) is 15.2. The molecule has 0 saturated carbocycles. The van der Waals surface area contributed by atoms with E-state index in [9.17, 15) is 20.1 Å². The van der Waals surface area contributed by atoms with E-state index in [1.807, 2.05) is 13.8 Å². The van der Waals surface area contributed by atoms with Crippen LogP contribution in [0.25, 0.3) is 0 Å². The Balaban J connectivity index is 2.44. The van der Waals surface area contributed by atoms with Crippen LogP contribution in [0.15, 0.2) is 4.42 Å². The Bertz CT molecular complexity index is 513. The van der Waals surface area contributed by atoms with E-state index in [2.05, 4.69) is 0 Å². The number of fused-ring (bicyclic) bond motifs is 1. The van der Waals surface area contributed by atoms with Gasteiger partial charge in [-0.2, -0.15) is 0 Å². The number of carbonyl (C=O) groups excluding carboxylic acids is 1. The Morgan fingerprint density at radius 2 is 2.15 bits per heavy atom. The van der Waals surface area contributed by atoms with Crippen LogP contribution in [0, 0.1) is 5.92 Å². The summed E-state index contributed by atoms with van der Waals surface area (Å²) in [4.78, 5) is 12.2. The summed E-state index contributed by atoms with van der Waals surface area (Å²) in [5, 5.41) is 29.7. The molecule has 2 atom stereocenters. The molecule has 1 aliphatic carbocycles. The van der Waals surface area contributed by atoms with Crippen molar-refractivity contribution >= 4 is 5.78 Å². The third-order valence-electron chi connectivity index (χ3n) is 3.87. The van der Waals surface area contributed by atoms with Gasteiger partial charge in [-0.15, -0.1) is 0 Å². The minimum atomic E-state index is -1.27. The molecule has 2 unspecified atom stereocenters. The van der Waals surface area contributed by atoms with Gasteiger partial charge in [-0.05, 0) is 25.7 Å². The van der Waals surface area contributed by atoms with Gasteiger partial charge in [0.05, 0.1) is 12.2 Å². The molecule has 2 rings (SSSR count). The summed E-state index contributed by atoms with van der Waals surface area (Å²) in [6.07, 6.45) is 0.00246. The zero-order valence-electron chi connectivity index (χ0n) is 12.1. The summed E-state index contributed by atoms with van der Waals surface area (Å²) < 4.78 is 5.52. The third kappa shape index (κ3) is 2.53. The lowest BCUT2D eigenvalue weighted by atomic mass is 9.82. The van der Waals surface area contributed by atoms with Crippen LogP contribution in [-0.2, 0) is 13.0 Å². The van der Waals surface area contributed by atoms with Crippen LogP contribution in [-0.4, -0.2) is 26.7 Å². The molecule has 3 N–H and O–H groups in total. The molecule has 0 aliphatic heterocycles. The zero-order chi connectivity index (χ0) is 15.1.